The van der Waals surface area contributed by atoms with Gasteiger partial charge in [0.2, 0.25) is 0 Å². The van der Waals surface area contributed by atoms with E-state index in [2.05, 4.69) is 20.6 Å². The minimum Gasteiger partial charge on any atom is -0.355 e. The van der Waals surface area contributed by atoms with E-state index in [1.54, 1.807) is 18.5 Å². The number of likely N-dealkylation sites (tertiary alicyclic amines) is 1. The standard InChI is InChI=1S/C20H17F3IN5O/c21-14-3-2-13(18(17(14)23)28-16-4-1-12(24)7-15(16)22)19(30)29-9-11(10-29)8-27-20-25-5-6-26-20/h1-7,11,28H,8-10H2,(H2,25,26,27). The van der Waals surface area contributed by atoms with Gasteiger partial charge in [-0.2, -0.15) is 0 Å². The number of anilines is 3. The smallest absolute Gasteiger partial charge is 0.256 e. The van der Waals surface area contributed by atoms with Crippen molar-refractivity contribution in [3.05, 3.63) is 69.3 Å². The van der Waals surface area contributed by atoms with Crippen LogP contribution in [0.2, 0.25) is 0 Å². The van der Waals surface area contributed by atoms with Crippen molar-refractivity contribution in [3.63, 3.8) is 0 Å². The van der Waals surface area contributed by atoms with Crippen LogP contribution in [0.15, 0.2) is 42.7 Å². The summed E-state index contributed by atoms with van der Waals surface area (Å²) in [5.41, 5.74) is -0.473. The summed E-state index contributed by atoms with van der Waals surface area (Å²) in [5, 5.41) is 5.68. The number of carbonyl (C=O) groups excluding carboxylic acids is 1. The number of carbonyl (C=O) groups is 1. The summed E-state index contributed by atoms with van der Waals surface area (Å²) in [4.78, 5) is 21.4. The van der Waals surface area contributed by atoms with Crippen molar-refractivity contribution >= 4 is 45.8 Å². The molecular weight excluding hydrogens is 510 g/mol. The van der Waals surface area contributed by atoms with E-state index in [1.807, 2.05) is 22.6 Å². The predicted molar refractivity (Wildman–Crippen MR) is 115 cm³/mol. The van der Waals surface area contributed by atoms with Gasteiger partial charge in [-0.05, 0) is 52.9 Å². The van der Waals surface area contributed by atoms with Crippen LogP contribution in [0.5, 0.6) is 0 Å². The number of aromatic amines is 1. The maximum atomic E-state index is 14.5. The summed E-state index contributed by atoms with van der Waals surface area (Å²) in [6.07, 6.45) is 3.33. The maximum absolute atomic E-state index is 14.5. The van der Waals surface area contributed by atoms with Gasteiger partial charge >= 0.3 is 0 Å². The third kappa shape index (κ3) is 4.23. The zero-order valence-electron chi connectivity index (χ0n) is 15.6. The molecule has 1 aromatic heterocycles. The lowest BCUT2D eigenvalue weighted by molar-refractivity contribution is 0.0522. The normalized spacial score (nSPS) is 13.8. The number of imidazole rings is 1. The number of nitrogens with one attached hydrogen (secondary N) is 3. The summed E-state index contributed by atoms with van der Waals surface area (Å²) < 4.78 is 43.2. The summed E-state index contributed by atoms with van der Waals surface area (Å²) in [5.74, 6) is -2.58. The van der Waals surface area contributed by atoms with Gasteiger partial charge in [0.25, 0.3) is 5.91 Å². The van der Waals surface area contributed by atoms with Crippen LogP contribution >= 0.6 is 22.6 Å². The Hall–Kier alpha value is -2.76. The molecule has 0 radical (unpaired) electrons. The second kappa shape index (κ2) is 8.54. The van der Waals surface area contributed by atoms with Gasteiger partial charge < -0.3 is 20.5 Å². The minimum absolute atomic E-state index is 0.0434. The first-order valence-electron chi connectivity index (χ1n) is 9.15. The number of amides is 1. The third-order valence-corrected chi connectivity index (χ3v) is 5.49. The number of nitrogens with zero attached hydrogens (tertiary/aromatic N) is 2. The zero-order chi connectivity index (χ0) is 21.3. The highest BCUT2D eigenvalue weighted by atomic mass is 127. The van der Waals surface area contributed by atoms with Crippen molar-refractivity contribution in [3.8, 4) is 0 Å². The van der Waals surface area contributed by atoms with Gasteiger partial charge in [0.15, 0.2) is 17.6 Å². The molecular formula is C20H17F3IN5O. The van der Waals surface area contributed by atoms with Crippen LogP contribution < -0.4 is 10.6 Å². The van der Waals surface area contributed by atoms with Crippen LogP contribution in [-0.4, -0.2) is 40.4 Å². The van der Waals surface area contributed by atoms with Gasteiger partial charge in [0.1, 0.15) is 5.82 Å². The molecule has 156 valence electrons. The molecule has 2 heterocycles. The van der Waals surface area contributed by atoms with Gasteiger partial charge in [-0.1, -0.05) is 0 Å². The van der Waals surface area contributed by atoms with Crippen molar-refractivity contribution < 1.29 is 18.0 Å². The Morgan fingerprint density at radius 2 is 2.00 bits per heavy atom. The molecule has 1 fully saturated rings. The van der Waals surface area contributed by atoms with Gasteiger partial charge in [0, 0.05) is 41.5 Å². The first-order chi connectivity index (χ1) is 14.4. The second-order valence-corrected chi connectivity index (χ2v) is 8.17. The first kappa shape index (κ1) is 20.5. The number of rotatable bonds is 6. The van der Waals surface area contributed by atoms with Crippen molar-refractivity contribution in [2.24, 2.45) is 5.92 Å². The highest BCUT2D eigenvalue weighted by Gasteiger charge is 2.33. The van der Waals surface area contributed by atoms with Gasteiger partial charge in [-0.3, -0.25) is 4.79 Å². The Kier molecular flexibility index (Phi) is 5.84. The molecule has 0 bridgehead atoms. The maximum Gasteiger partial charge on any atom is 0.256 e. The SMILES string of the molecule is O=C(c1ccc(F)c(F)c1Nc1ccc(I)cc1F)N1CC(CNc2ncc[nH]2)C1. The topological polar surface area (TPSA) is 73.1 Å². The van der Waals surface area contributed by atoms with E-state index in [4.69, 9.17) is 0 Å². The second-order valence-electron chi connectivity index (χ2n) is 6.93. The highest BCUT2D eigenvalue weighted by molar-refractivity contribution is 14.1. The summed E-state index contributed by atoms with van der Waals surface area (Å²) in [7, 11) is 0. The summed E-state index contributed by atoms with van der Waals surface area (Å²) in [6.45, 7) is 1.54. The molecule has 10 heteroatoms. The molecule has 30 heavy (non-hydrogen) atoms. The molecule has 3 aromatic rings. The number of hydrogen-bond donors (Lipinski definition) is 3. The molecule has 0 unspecified atom stereocenters. The van der Waals surface area contributed by atoms with E-state index in [1.165, 1.54) is 23.1 Å². The van der Waals surface area contributed by atoms with Crippen molar-refractivity contribution in [1.29, 1.82) is 0 Å². The summed E-state index contributed by atoms with van der Waals surface area (Å²) >= 11 is 1.94. The average molecular weight is 527 g/mol. The fourth-order valence-electron chi connectivity index (χ4n) is 3.21. The van der Waals surface area contributed by atoms with Crippen LogP contribution in [0.1, 0.15) is 10.4 Å². The number of halogens is 4. The van der Waals surface area contributed by atoms with E-state index in [9.17, 15) is 18.0 Å². The average Bonchev–Trinajstić information content (AvgIpc) is 3.19. The number of aromatic nitrogens is 2. The molecule has 1 amide bonds. The molecule has 3 N–H and O–H groups in total. The highest BCUT2D eigenvalue weighted by Crippen LogP contribution is 2.31. The molecule has 0 spiro atoms. The van der Waals surface area contributed by atoms with Gasteiger partial charge in [-0.25, -0.2) is 18.2 Å². The molecule has 6 nitrogen and oxygen atoms in total. The van der Waals surface area contributed by atoms with Crippen LogP contribution in [0.25, 0.3) is 0 Å². The van der Waals surface area contributed by atoms with Gasteiger partial charge in [-0.15, -0.1) is 0 Å². The third-order valence-electron chi connectivity index (χ3n) is 4.82. The number of benzene rings is 2. The first-order valence-corrected chi connectivity index (χ1v) is 10.2. The van der Waals surface area contributed by atoms with E-state index in [0.717, 1.165) is 6.07 Å². The summed E-state index contributed by atoms with van der Waals surface area (Å²) in [6, 6.07) is 6.40. The fraction of sp³-hybridized carbons (Fsp3) is 0.200. The van der Waals surface area contributed by atoms with E-state index < -0.39 is 23.4 Å². The Morgan fingerprint density at radius 3 is 2.70 bits per heavy atom. The van der Waals surface area contributed by atoms with Crippen LogP contribution in [0.3, 0.4) is 0 Å². The monoisotopic (exact) mass is 527 g/mol. The fourth-order valence-corrected chi connectivity index (χ4v) is 3.67. The zero-order valence-corrected chi connectivity index (χ0v) is 17.7. The van der Waals surface area contributed by atoms with E-state index >= 15 is 0 Å². The minimum atomic E-state index is -1.23. The lowest BCUT2D eigenvalue weighted by atomic mass is 9.98. The van der Waals surface area contributed by atoms with Crippen molar-refractivity contribution in [2.45, 2.75) is 0 Å². The Balaban J connectivity index is 1.48. The largest absolute Gasteiger partial charge is 0.355 e. The molecule has 4 rings (SSSR count). The molecule has 0 aliphatic carbocycles. The molecule has 0 atom stereocenters. The number of hydrogen-bond acceptors (Lipinski definition) is 4. The lowest BCUT2D eigenvalue weighted by Crippen LogP contribution is -2.52. The Labute approximate surface area is 184 Å². The number of H-pyrrole nitrogens is 1. The molecule has 1 aliphatic heterocycles. The van der Waals surface area contributed by atoms with Crippen LogP contribution in [0.4, 0.5) is 30.5 Å². The van der Waals surface area contributed by atoms with Crippen molar-refractivity contribution in [1.82, 2.24) is 14.9 Å². The molecule has 2 aromatic carbocycles. The van der Waals surface area contributed by atoms with Crippen LogP contribution in [-0.2, 0) is 0 Å². The molecule has 1 aliphatic rings. The lowest BCUT2D eigenvalue weighted by Gasteiger charge is -2.39. The van der Waals surface area contributed by atoms with E-state index in [0.29, 0.717) is 29.2 Å². The van der Waals surface area contributed by atoms with Gasteiger partial charge in [0.05, 0.1) is 16.9 Å². The Bertz CT molecular complexity index is 1070. The van der Waals surface area contributed by atoms with E-state index in [-0.39, 0.29) is 22.9 Å². The Morgan fingerprint density at radius 1 is 1.20 bits per heavy atom. The van der Waals surface area contributed by atoms with Crippen LogP contribution in [0, 0.1) is 26.9 Å². The molecule has 0 saturated carbocycles. The quantitative estimate of drug-likeness (QED) is 0.417. The predicted octanol–water partition coefficient (Wildman–Crippen LogP) is 4.36. The molecule has 1 saturated heterocycles. The van der Waals surface area contributed by atoms with Crippen molar-refractivity contribution in [2.75, 3.05) is 30.3 Å².